The van der Waals surface area contributed by atoms with Gasteiger partial charge in [-0.05, 0) is 78.4 Å². The van der Waals surface area contributed by atoms with Crippen molar-refractivity contribution in [2.75, 3.05) is 0 Å². The van der Waals surface area contributed by atoms with Crippen LogP contribution in [0, 0.1) is 0 Å². The molecular formula is C16H17BrN2. The molecule has 0 saturated heterocycles. The van der Waals surface area contributed by atoms with Gasteiger partial charge in [-0.2, -0.15) is 5.10 Å². The normalized spacial score (nSPS) is 14.5. The van der Waals surface area contributed by atoms with Gasteiger partial charge in [-0.25, -0.2) is 4.68 Å². The van der Waals surface area contributed by atoms with Gasteiger partial charge in [0.2, 0.25) is 0 Å². The monoisotopic (exact) mass is 316 g/mol. The maximum atomic E-state index is 4.51. The Morgan fingerprint density at radius 1 is 1.26 bits per heavy atom. The van der Waals surface area contributed by atoms with Crippen molar-refractivity contribution < 1.29 is 0 Å². The highest BCUT2D eigenvalue weighted by molar-refractivity contribution is 9.10. The van der Waals surface area contributed by atoms with Crippen molar-refractivity contribution in [3.05, 3.63) is 51.8 Å². The molecule has 0 unspecified atom stereocenters. The van der Waals surface area contributed by atoms with Crippen molar-refractivity contribution in [1.29, 1.82) is 0 Å². The molecule has 0 N–H and O–H groups in total. The number of allylic oxidation sites excluding steroid dienone is 1. The quantitative estimate of drug-likeness (QED) is 0.784. The molecule has 1 aromatic carbocycles. The predicted octanol–water partition coefficient (Wildman–Crippen LogP) is 4.94. The SMILES string of the molecule is CC(C)=Cc1cc(Br)nn1-c1ccc(C2CC2)cc1. The molecule has 19 heavy (non-hydrogen) atoms. The maximum Gasteiger partial charge on any atom is 0.129 e. The highest BCUT2D eigenvalue weighted by atomic mass is 79.9. The number of rotatable bonds is 3. The Kier molecular flexibility index (Phi) is 3.31. The van der Waals surface area contributed by atoms with Gasteiger partial charge in [-0.3, -0.25) is 0 Å². The Labute approximate surface area is 122 Å². The third kappa shape index (κ3) is 2.81. The minimum atomic E-state index is 0.802. The first kappa shape index (κ1) is 12.7. The number of halogens is 1. The zero-order valence-corrected chi connectivity index (χ0v) is 12.8. The molecule has 2 nitrogen and oxygen atoms in total. The van der Waals surface area contributed by atoms with Crippen molar-refractivity contribution in [1.82, 2.24) is 9.78 Å². The van der Waals surface area contributed by atoms with E-state index in [2.05, 4.69) is 65.2 Å². The van der Waals surface area contributed by atoms with Gasteiger partial charge in [0.05, 0.1) is 11.4 Å². The molecule has 0 aliphatic heterocycles. The van der Waals surface area contributed by atoms with Crippen LogP contribution in [0.2, 0.25) is 0 Å². The minimum Gasteiger partial charge on any atom is -0.233 e. The van der Waals surface area contributed by atoms with Crippen molar-refractivity contribution in [2.24, 2.45) is 0 Å². The van der Waals surface area contributed by atoms with Gasteiger partial charge in [-0.15, -0.1) is 0 Å². The lowest BCUT2D eigenvalue weighted by molar-refractivity contribution is 0.859. The van der Waals surface area contributed by atoms with E-state index in [-0.39, 0.29) is 0 Å². The van der Waals surface area contributed by atoms with Crippen LogP contribution in [0.4, 0.5) is 0 Å². The van der Waals surface area contributed by atoms with Gasteiger partial charge in [0.25, 0.3) is 0 Å². The van der Waals surface area contributed by atoms with E-state index in [4.69, 9.17) is 0 Å². The summed E-state index contributed by atoms with van der Waals surface area (Å²) < 4.78 is 2.85. The highest BCUT2D eigenvalue weighted by Gasteiger charge is 2.23. The van der Waals surface area contributed by atoms with E-state index in [1.165, 1.54) is 24.0 Å². The molecule has 2 aromatic rings. The van der Waals surface area contributed by atoms with Crippen LogP contribution in [-0.2, 0) is 0 Å². The molecule has 1 aliphatic rings. The number of hydrogen-bond acceptors (Lipinski definition) is 1. The third-order valence-corrected chi connectivity index (χ3v) is 3.72. The summed E-state index contributed by atoms with van der Waals surface area (Å²) >= 11 is 3.46. The van der Waals surface area contributed by atoms with Crippen molar-refractivity contribution in [3.8, 4) is 5.69 Å². The fourth-order valence-corrected chi connectivity index (χ4v) is 2.67. The van der Waals surface area contributed by atoms with Crippen LogP contribution in [0.5, 0.6) is 0 Å². The highest BCUT2D eigenvalue weighted by Crippen LogP contribution is 2.40. The molecule has 0 atom stereocenters. The second-order valence-electron chi connectivity index (χ2n) is 5.39. The molecule has 1 aromatic heterocycles. The predicted molar refractivity (Wildman–Crippen MR) is 82.6 cm³/mol. The zero-order chi connectivity index (χ0) is 13.4. The number of nitrogens with zero attached hydrogens (tertiary/aromatic N) is 2. The molecule has 0 amide bonds. The van der Waals surface area contributed by atoms with Crippen LogP contribution in [0.1, 0.15) is 43.9 Å². The van der Waals surface area contributed by atoms with E-state index in [0.717, 1.165) is 21.9 Å². The molecule has 0 spiro atoms. The molecule has 98 valence electrons. The molecule has 1 saturated carbocycles. The van der Waals surface area contributed by atoms with Crippen LogP contribution in [0.3, 0.4) is 0 Å². The number of hydrogen-bond donors (Lipinski definition) is 0. The minimum absolute atomic E-state index is 0.802. The maximum absolute atomic E-state index is 4.51. The van der Waals surface area contributed by atoms with E-state index < -0.39 is 0 Å². The molecule has 0 bridgehead atoms. The van der Waals surface area contributed by atoms with Crippen LogP contribution in [-0.4, -0.2) is 9.78 Å². The number of aromatic nitrogens is 2. The largest absolute Gasteiger partial charge is 0.233 e. The third-order valence-electron chi connectivity index (χ3n) is 3.33. The van der Waals surface area contributed by atoms with E-state index in [9.17, 15) is 0 Å². The average Bonchev–Trinajstić information content (AvgIpc) is 3.14. The molecule has 3 rings (SSSR count). The first-order valence-electron chi connectivity index (χ1n) is 6.64. The summed E-state index contributed by atoms with van der Waals surface area (Å²) in [7, 11) is 0. The van der Waals surface area contributed by atoms with Crippen LogP contribution >= 0.6 is 15.9 Å². The molecule has 3 heteroatoms. The standard InChI is InChI=1S/C16H17BrN2/c1-11(2)9-15-10-16(17)18-19(15)14-7-5-13(6-8-14)12-3-4-12/h5-10,12H,3-4H2,1-2H3. The van der Waals surface area contributed by atoms with Crippen molar-refractivity contribution in [3.63, 3.8) is 0 Å². The Morgan fingerprint density at radius 2 is 1.95 bits per heavy atom. The summed E-state index contributed by atoms with van der Waals surface area (Å²) in [6.07, 6.45) is 4.83. The first-order chi connectivity index (χ1) is 9.13. The van der Waals surface area contributed by atoms with Gasteiger partial charge in [0.1, 0.15) is 4.60 Å². The Hall–Kier alpha value is -1.35. The average molecular weight is 317 g/mol. The van der Waals surface area contributed by atoms with E-state index in [1.807, 2.05) is 10.7 Å². The number of benzene rings is 1. The second-order valence-corrected chi connectivity index (χ2v) is 6.20. The molecule has 0 radical (unpaired) electrons. The second kappa shape index (κ2) is 4.97. The van der Waals surface area contributed by atoms with E-state index >= 15 is 0 Å². The fourth-order valence-electron chi connectivity index (χ4n) is 2.28. The molecular weight excluding hydrogens is 300 g/mol. The van der Waals surface area contributed by atoms with Gasteiger partial charge in [0.15, 0.2) is 0 Å². The van der Waals surface area contributed by atoms with E-state index in [1.54, 1.807) is 0 Å². The lowest BCUT2D eigenvalue weighted by Gasteiger charge is -2.06. The Bertz CT molecular complexity index is 615. The summed E-state index contributed by atoms with van der Waals surface area (Å²) in [6.45, 7) is 4.20. The summed E-state index contributed by atoms with van der Waals surface area (Å²) in [4.78, 5) is 0. The first-order valence-corrected chi connectivity index (χ1v) is 7.43. The van der Waals surface area contributed by atoms with Gasteiger partial charge >= 0.3 is 0 Å². The van der Waals surface area contributed by atoms with Crippen LogP contribution in [0.15, 0.2) is 40.5 Å². The Balaban J connectivity index is 1.98. The van der Waals surface area contributed by atoms with Crippen molar-refractivity contribution in [2.45, 2.75) is 32.6 Å². The zero-order valence-electron chi connectivity index (χ0n) is 11.2. The molecule has 1 aliphatic carbocycles. The summed E-state index contributed by atoms with van der Waals surface area (Å²) in [6, 6.07) is 10.8. The van der Waals surface area contributed by atoms with Crippen LogP contribution < -0.4 is 0 Å². The van der Waals surface area contributed by atoms with Crippen molar-refractivity contribution >= 4 is 22.0 Å². The molecule has 1 fully saturated rings. The lowest BCUT2D eigenvalue weighted by Crippen LogP contribution is -1.99. The fraction of sp³-hybridized carbons (Fsp3) is 0.312. The molecule has 1 heterocycles. The summed E-state index contributed by atoms with van der Waals surface area (Å²) in [5.41, 5.74) is 4.94. The van der Waals surface area contributed by atoms with Gasteiger partial charge < -0.3 is 0 Å². The van der Waals surface area contributed by atoms with E-state index in [0.29, 0.717) is 0 Å². The summed E-state index contributed by atoms with van der Waals surface area (Å²) in [5.74, 6) is 0.802. The lowest BCUT2D eigenvalue weighted by atomic mass is 10.1. The van der Waals surface area contributed by atoms with Crippen LogP contribution in [0.25, 0.3) is 11.8 Å². The van der Waals surface area contributed by atoms with Gasteiger partial charge in [-0.1, -0.05) is 17.7 Å². The Morgan fingerprint density at radius 3 is 2.53 bits per heavy atom. The van der Waals surface area contributed by atoms with Gasteiger partial charge in [0, 0.05) is 0 Å². The smallest absolute Gasteiger partial charge is 0.129 e. The summed E-state index contributed by atoms with van der Waals surface area (Å²) in [5, 5.41) is 4.51. The topological polar surface area (TPSA) is 17.8 Å².